The number of carbonyl (C=O) groups is 1. The van der Waals surface area contributed by atoms with Gasteiger partial charge in [-0.1, -0.05) is 6.07 Å². The number of aromatic nitrogens is 2. The van der Waals surface area contributed by atoms with Crippen LogP contribution in [0.5, 0.6) is 11.5 Å². The summed E-state index contributed by atoms with van der Waals surface area (Å²) in [4.78, 5) is 25.6. The van der Waals surface area contributed by atoms with Gasteiger partial charge in [0, 0.05) is 45.0 Å². The maximum absolute atomic E-state index is 12.8. The van der Waals surface area contributed by atoms with Gasteiger partial charge in [0.15, 0.2) is 11.5 Å². The molecule has 5 rings (SSSR count). The van der Waals surface area contributed by atoms with Crippen molar-refractivity contribution in [2.24, 2.45) is 0 Å². The largest absolute Gasteiger partial charge is 0.454 e. The Kier molecular flexibility index (Phi) is 4.48. The Morgan fingerprint density at radius 2 is 1.93 bits per heavy atom. The molecule has 2 fully saturated rings. The third-order valence-corrected chi connectivity index (χ3v) is 5.29. The van der Waals surface area contributed by atoms with E-state index >= 15 is 0 Å². The monoisotopic (exact) mass is 381 g/mol. The maximum atomic E-state index is 12.8. The van der Waals surface area contributed by atoms with E-state index in [1.165, 1.54) is 5.56 Å². The van der Waals surface area contributed by atoms with Crippen LogP contribution in [-0.2, 0) is 6.54 Å². The van der Waals surface area contributed by atoms with Crippen LogP contribution in [0.3, 0.4) is 0 Å². The standard InChI is InChI=1S/C20H23N5O3/c26-19(16-5-6-21-20(23-16)22-15-2-3-15)25-9-7-24(8-10-25)12-14-1-4-17-18(11-14)28-13-27-17/h1,4-6,11,15H,2-3,7-10,12-13H2,(H,21,22,23). The molecule has 8 nitrogen and oxygen atoms in total. The molecule has 0 bridgehead atoms. The Hall–Kier alpha value is -2.87. The lowest BCUT2D eigenvalue weighted by molar-refractivity contribution is 0.0622. The molecule has 28 heavy (non-hydrogen) atoms. The Balaban J connectivity index is 1.17. The molecule has 0 atom stereocenters. The lowest BCUT2D eigenvalue weighted by Crippen LogP contribution is -2.48. The first kappa shape index (κ1) is 17.2. The number of anilines is 1. The number of nitrogens with one attached hydrogen (secondary N) is 1. The van der Waals surface area contributed by atoms with Crippen molar-refractivity contribution in [1.82, 2.24) is 19.8 Å². The number of nitrogens with zero attached hydrogens (tertiary/aromatic N) is 4. The number of benzene rings is 1. The van der Waals surface area contributed by atoms with Gasteiger partial charge in [-0.25, -0.2) is 9.97 Å². The minimum Gasteiger partial charge on any atom is -0.454 e. The summed E-state index contributed by atoms with van der Waals surface area (Å²) in [6.45, 7) is 4.18. The van der Waals surface area contributed by atoms with Crippen LogP contribution in [0, 0.1) is 0 Å². The molecule has 3 aliphatic rings. The van der Waals surface area contributed by atoms with Crippen molar-refractivity contribution in [2.75, 3.05) is 38.3 Å². The van der Waals surface area contributed by atoms with E-state index in [0.717, 1.165) is 44.0 Å². The average Bonchev–Trinajstić information content (AvgIpc) is 3.41. The van der Waals surface area contributed by atoms with Crippen molar-refractivity contribution in [2.45, 2.75) is 25.4 Å². The summed E-state index contributed by atoms with van der Waals surface area (Å²) in [5.74, 6) is 2.14. The van der Waals surface area contributed by atoms with Gasteiger partial charge in [0.05, 0.1) is 0 Å². The summed E-state index contributed by atoms with van der Waals surface area (Å²) < 4.78 is 10.8. The fraction of sp³-hybridized carbons (Fsp3) is 0.450. The first-order chi connectivity index (χ1) is 13.7. The molecule has 1 aliphatic carbocycles. The highest BCUT2D eigenvalue weighted by Gasteiger charge is 2.25. The predicted molar refractivity (Wildman–Crippen MR) is 102 cm³/mol. The topological polar surface area (TPSA) is 79.8 Å². The van der Waals surface area contributed by atoms with Crippen LogP contribution in [0.25, 0.3) is 0 Å². The highest BCUT2D eigenvalue weighted by atomic mass is 16.7. The first-order valence-electron chi connectivity index (χ1n) is 9.74. The SMILES string of the molecule is O=C(c1ccnc(NC2CC2)n1)N1CCN(Cc2ccc3c(c2)OCO3)CC1. The minimum absolute atomic E-state index is 0.0241. The van der Waals surface area contributed by atoms with Crippen LogP contribution in [-0.4, -0.2) is 64.7 Å². The van der Waals surface area contributed by atoms with Gasteiger partial charge in [0.25, 0.3) is 5.91 Å². The zero-order chi connectivity index (χ0) is 18.9. The van der Waals surface area contributed by atoms with Crippen LogP contribution in [0.15, 0.2) is 30.5 Å². The van der Waals surface area contributed by atoms with E-state index in [4.69, 9.17) is 9.47 Å². The number of carbonyl (C=O) groups excluding carboxylic acids is 1. The fourth-order valence-electron chi connectivity index (χ4n) is 3.53. The van der Waals surface area contributed by atoms with Gasteiger partial charge in [-0.2, -0.15) is 0 Å². The molecule has 0 spiro atoms. The number of hydrogen-bond donors (Lipinski definition) is 1. The number of rotatable bonds is 5. The molecule has 1 saturated heterocycles. The summed E-state index contributed by atoms with van der Waals surface area (Å²) in [5, 5.41) is 3.25. The number of hydrogen-bond acceptors (Lipinski definition) is 7. The Morgan fingerprint density at radius 1 is 1.11 bits per heavy atom. The summed E-state index contributed by atoms with van der Waals surface area (Å²) >= 11 is 0. The van der Waals surface area contributed by atoms with Crippen molar-refractivity contribution >= 4 is 11.9 Å². The number of piperazine rings is 1. The molecule has 1 saturated carbocycles. The average molecular weight is 381 g/mol. The van der Waals surface area contributed by atoms with E-state index in [1.807, 2.05) is 17.0 Å². The van der Waals surface area contributed by atoms with Gasteiger partial charge in [-0.15, -0.1) is 0 Å². The number of ether oxygens (including phenoxy) is 2. The third kappa shape index (κ3) is 3.73. The second-order valence-electron chi connectivity index (χ2n) is 7.44. The van der Waals surface area contributed by atoms with E-state index in [-0.39, 0.29) is 5.91 Å². The second kappa shape index (κ2) is 7.27. The molecule has 0 radical (unpaired) electrons. The highest BCUT2D eigenvalue weighted by Crippen LogP contribution is 2.32. The van der Waals surface area contributed by atoms with Gasteiger partial charge >= 0.3 is 0 Å². The van der Waals surface area contributed by atoms with Gasteiger partial charge in [-0.3, -0.25) is 9.69 Å². The van der Waals surface area contributed by atoms with Gasteiger partial charge < -0.3 is 19.7 Å². The van der Waals surface area contributed by atoms with Crippen LogP contribution in [0.2, 0.25) is 0 Å². The van der Waals surface area contributed by atoms with Crippen LogP contribution in [0.1, 0.15) is 28.9 Å². The van der Waals surface area contributed by atoms with E-state index in [0.29, 0.717) is 37.6 Å². The summed E-state index contributed by atoms with van der Waals surface area (Å²) in [5.41, 5.74) is 1.65. The van der Waals surface area contributed by atoms with Gasteiger partial charge in [0.2, 0.25) is 12.7 Å². The van der Waals surface area contributed by atoms with Crippen LogP contribution in [0.4, 0.5) is 5.95 Å². The summed E-state index contributed by atoms with van der Waals surface area (Å²) in [7, 11) is 0. The zero-order valence-corrected chi connectivity index (χ0v) is 15.6. The smallest absolute Gasteiger partial charge is 0.272 e. The summed E-state index contributed by atoms with van der Waals surface area (Å²) in [6, 6.07) is 8.22. The van der Waals surface area contributed by atoms with Crippen molar-refractivity contribution < 1.29 is 14.3 Å². The van der Waals surface area contributed by atoms with E-state index in [1.54, 1.807) is 12.3 Å². The molecule has 1 N–H and O–H groups in total. The lowest BCUT2D eigenvalue weighted by Gasteiger charge is -2.34. The third-order valence-electron chi connectivity index (χ3n) is 5.29. The zero-order valence-electron chi connectivity index (χ0n) is 15.6. The minimum atomic E-state index is -0.0241. The van der Waals surface area contributed by atoms with Crippen molar-refractivity contribution in [3.63, 3.8) is 0 Å². The molecule has 8 heteroatoms. The first-order valence-corrected chi connectivity index (χ1v) is 9.74. The molecule has 1 amide bonds. The maximum Gasteiger partial charge on any atom is 0.272 e. The Labute approximate surface area is 163 Å². The molecular weight excluding hydrogens is 358 g/mol. The molecule has 2 aromatic rings. The Morgan fingerprint density at radius 3 is 2.75 bits per heavy atom. The van der Waals surface area contributed by atoms with E-state index in [2.05, 4.69) is 26.3 Å². The van der Waals surface area contributed by atoms with E-state index in [9.17, 15) is 4.79 Å². The fourth-order valence-corrected chi connectivity index (χ4v) is 3.53. The van der Waals surface area contributed by atoms with Gasteiger partial charge in [-0.05, 0) is 36.6 Å². The molecular formula is C20H23N5O3. The summed E-state index contributed by atoms with van der Waals surface area (Å²) in [6.07, 6.45) is 3.94. The molecule has 1 aromatic heterocycles. The predicted octanol–water partition coefficient (Wildman–Crippen LogP) is 1.74. The van der Waals surface area contributed by atoms with Crippen molar-refractivity contribution in [3.8, 4) is 11.5 Å². The molecule has 3 heterocycles. The number of amides is 1. The highest BCUT2D eigenvalue weighted by molar-refractivity contribution is 5.92. The molecule has 0 unspecified atom stereocenters. The number of fused-ring (bicyclic) bond motifs is 1. The van der Waals surface area contributed by atoms with Crippen LogP contribution >= 0.6 is 0 Å². The van der Waals surface area contributed by atoms with Crippen molar-refractivity contribution in [1.29, 1.82) is 0 Å². The van der Waals surface area contributed by atoms with E-state index < -0.39 is 0 Å². The molecule has 1 aromatic carbocycles. The van der Waals surface area contributed by atoms with Gasteiger partial charge in [0.1, 0.15) is 5.69 Å². The lowest BCUT2D eigenvalue weighted by atomic mass is 10.1. The normalized spacial score (nSPS) is 18.9. The molecule has 146 valence electrons. The van der Waals surface area contributed by atoms with Crippen molar-refractivity contribution in [3.05, 3.63) is 41.7 Å². The quantitative estimate of drug-likeness (QED) is 0.845. The molecule has 2 aliphatic heterocycles. The Bertz CT molecular complexity index is 878. The van der Waals surface area contributed by atoms with Crippen LogP contribution < -0.4 is 14.8 Å². The second-order valence-corrected chi connectivity index (χ2v) is 7.44.